The molecule has 2 aromatic rings. The average molecular weight is 358 g/mol. The molecule has 2 rings (SSSR count). The zero-order valence-electron chi connectivity index (χ0n) is 16.3. The van der Waals surface area contributed by atoms with Gasteiger partial charge in [-0.15, -0.1) is 0 Å². The van der Waals surface area contributed by atoms with E-state index in [4.69, 9.17) is 18.9 Å². The Morgan fingerprint density at radius 3 is 2.08 bits per heavy atom. The monoisotopic (exact) mass is 358 g/mol. The third-order valence-corrected chi connectivity index (χ3v) is 4.47. The van der Waals surface area contributed by atoms with Gasteiger partial charge in [-0.05, 0) is 55.5 Å². The zero-order valence-corrected chi connectivity index (χ0v) is 16.3. The van der Waals surface area contributed by atoms with Crippen molar-refractivity contribution in [2.24, 2.45) is 0 Å². The van der Waals surface area contributed by atoms with Crippen molar-refractivity contribution < 1.29 is 23.7 Å². The van der Waals surface area contributed by atoms with Gasteiger partial charge in [0.1, 0.15) is 5.75 Å². The van der Waals surface area contributed by atoms with Crippen LogP contribution in [0.3, 0.4) is 0 Å². The first-order chi connectivity index (χ1) is 12.4. The molecule has 5 heteroatoms. The molecule has 0 aromatic heterocycles. The summed E-state index contributed by atoms with van der Waals surface area (Å²) in [6.07, 6.45) is 0.713. The number of carbonyl (C=O) groups is 1. The third kappa shape index (κ3) is 4.10. The van der Waals surface area contributed by atoms with E-state index >= 15 is 0 Å². The number of benzene rings is 2. The molecule has 0 amide bonds. The first kappa shape index (κ1) is 19.6. The molecule has 0 unspecified atom stereocenters. The molecule has 140 valence electrons. The standard InChI is InChI=1S/C21H26O5/c1-13-7-8-14(2)19(15(13)3)26-18(22)12-10-16-9-11-17(23-4)21(25-6)20(16)24-5/h7-9,11H,10,12H2,1-6H3. The number of esters is 1. The van der Waals surface area contributed by atoms with Gasteiger partial charge in [0, 0.05) is 0 Å². The van der Waals surface area contributed by atoms with Crippen molar-refractivity contribution in [1.29, 1.82) is 0 Å². The maximum Gasteiger partial charge on any atom is 0.311 e. The van der Waals surface area contributed by atoms with Gasteiger partial charge in [0.15, 0.2) is 11.5 Å². The van der Waals surface area contributed by atoms with Gasteiger partial charge in [0.2, 0.25) is 5.75 Å². The SMILES string of the molecule is COc1ccc(CCC(=O)Oc2c(C)ccc(C)c2C)c(OC)c1OC. The summed E-state index contributed by atoms with van der Waals surface area (Å²) in [6, 6.07) is 7.66. The van der Waals surface area contributed by atoms with Crippen LogP contribution in [0.5, 0.6) is 23.0 Å². The highest BCUT2D eigenvalue weighted by Crippen LogP contribution is 2.40. The zero-order chi connectivity index (χ0) is 19.3. The van der Waals surface area contributed by atoms with Crippen LogP contribution in [0.25, 0.3) is 0 Å². The lowest BCUT2D eigenvalue weighted by atomic mass is 10.1. The van der Waals surface area contributed by atoms with E-state index in [1.807, 2.05) is 39.0 Å². The van der Waals surface area contributed by atoms with Crippen LogP contribution < -0.4 is 18.9 Å². The quantitative estimate of drug-likeness (QED) is 0.549. The Labute approximate surface area is 154 Å². The molecule has 0 spiro atoms. The molecule has 2 aromatic carbocycles. The van der Waals surface area contributed by atoms with E-state index in [1.54, 1.807) is 27.4 Å². The predicted octanol–water partition coefficient (Wildman–Crippen LogP) is 4.18. The molecule has 0 heterocycles. The number of rotatable bonds is 7. The summed E-state index contributed by atoms with van der Waals surface area (Å²) < 4.78 is 21.7. The van der Waals surface area contributed by atoms with Crippen molar-refractivity contribution in [2.75, 3.05) is 21.3 Å². The van der Waals surface area contributed by atoms with Gasteiger partial charge in [-0.2, -0.15) is 0 Å². The van der Waals surface area contributed by atoms with Gasteiger partial charge in [-0.25, -0.2) is 0 Å². The lowest BCUT2D eigenvalue weighted by Crippen LogP contribution is -2.11. The van der Waals surface area contributed by atoms with E-state index < -0.39 is 0 Å². The summed E-state index contributed by atoms with van der Waals surface area (Å²) in [6.45, 7) is 5.90. The Morgan fingerprint density at radius 2 is 1.46 bits per heavy atom. The topological polar surface area (TPSA) is 54.0 Å². The third-order valence-electron chi connectivity index (χ3n) is 4.47. The van der Waals surface area contributed by atoms with Crippen molar-refractivity contribution in [2.45, 2.75) is 33.6 Å². The fraction of sp³-hybridized carbons (Fsp3) is 0.381. The molecule has 0 bridgehead atoms. The second kappa shape index (κ2) is 8.61. The average Bonchev–Trinajstić information content (AvgIpc) is 2.65. The number of hydrogen-bond donors (Lipinski definition) is 0. The minimum Gasteiger partial charge on any atom is -0.493 e. The van der Waals surface area contributed by atoms with Crippen LogP contribution in [0.1, 0.15) is 28.7 Å². The van der Waals surface area contributed by atoms with E-state index in [0.29, 0.717) is 29.4 Å². The molecule has 0 saturated heterocycles. The van der Waals surface area contributed by atoms with Crippen molar-refractivity contribution >= 4 is 5.97 Å². The molecule has 0 N–H and O–H groups in total. The Kier molecular flexibility index (Phi) is 6.50. The maximum atomic E-state index is 12.4. The van der Waals surface area contributed by atoms with Crippen LogP contribution in [0.4, 0.5) is 0 Å². The molecule has 5 nitrogen and oxygen atoms in total. The molecule has 0 saturated carbocycles. The second-order valence-electron chi connectivity index (χ2n) is 6.12. The minimum atomic E-state index is -0.279. The summed E-state index contributed by atoms with van der Waals surface area (Å²) in [5, 5.41) is 0. The van der Waals surface area contributed by atoms with Crippen molar-refractivity contribution in [3.63, 3.8) is 0 Å². The van der Waals surface area contributed by atoms with E-state index in [1.165, 1.54) is 0 Å². The molecule has 26 heavy (non-hydrogen) atoms. The van der Waals surface area contributed by atoms with E-state index in [-0.39, 0.29) is 12.4 Å². The van der Waals surface area contributed by atoms with Crippen LogP contribution in [-0.2, 0) is 11.2 Å². The first-order valence-corrected chi connectivity index (χ1v) is 8.48. The Hall–Kier alpha value is -2.69. The smallest absolute Gasteiger partial charge is 0.311 e. The van der Waals surface area contributed by atoms with E-state index in [0.717, 1.165) is 22.3 Å². The number of methoxy groups -OCH3 is 3. The maximum absolute atomic E-state index is 12.4. The van der Waals surface area contributed by atoms with Gasteiger partial charge in [-0.3, -0.25) is 4.79 Å². The number of ether oxygens (including phenoxy) is 4. The van der Waals surface area contributed by atoms with E-state index in [2.05, 4.69) is 0 Å². The molecule has 0 aliphatic rings. The largest absolute Gasteiger partial charge is 0.493 e. The molecule has 0 fully saturated rings. The highest BCUT2D eigenvalue weighted by Gasteiger charge is 2.18. The lowest BCUT2D eigenvalue weighted by Gasteiger charge is -2.16. The van der Waals surface area contributed by atoms with Gasteiger partial charge < -0.3 is 18.9 Å². The fourth-order valence-corrected chi connectivity index (χ4v) is 2.84. The van der Waals surface area contributed by atoms with Gasteiger partial charge in [0.05, 0.1) is 27.8 Å². The van der Waals surface area contributed by atoms with Crippen LogP contribution in [0.15, 0.2) is 24.3 Å². The highest BCUT2D eigenvalue weighted by molar-refractivity contribution is 5.74. The summed E-state index contributed by atoms with van der Waals surface area (Å²) in [4.78, 5) is 12.4. The lowest BCUT2D eigenvalue weighted by molar-refractivity contribution is -0.134. The molecular weight excluding hydrogens is 332 g/mol. The highest BCUT2D eigenvalue weighted by atomic mass is 16.5. The van der Waals surface area contributed by atoms with Crippen LogP contribution >= 0.6 is 0 Å². The number of carbonyl (C=O) groups excluding carboxylic acids is 1. The second-order valence-corrected chi connectivity index (χ2v) is 6.12. The molecule has 0 aliphatic heterocycles. The summed E-state index contributed by atoms with van der Waals surface area (Å²) in [5.41, 5.74) is 3.90. The molecule has 0 atom stereocenters. The van der Waals surface area contributed by atoms with Gasteiger partial charge in [0.25, 0.3) is 0 Å². The molecule has 0 radical (unpaired) electrons. The molecular formula is C21H26O5. The molecule has 0 aliphatic carbocycles. The summed E-state index contributed by atoms with van der Waals surface area (Å²) >= 11 is 0. The summed E-state index contributed by atoms with van der Waals surface area (Å²) in [5.74, 6) is 2.04. The Bertz CT molecular complexity index is 795. The Balaban J connectivity index is 2.14. The first-order valence-electron chi connectivity index (χ1n) is 8.48. The van der Waals surface area contributed by atoms with Crippen molar-refractivity contribution in [1.82, 2.24) is 0 Å². The Morgan fingerprint density at radius 1 is 0.808 bits per heavy atom. The van der Waals surface area contributed by atoms with Crippen molar-refractivity contribution in [3.8, 4) is 23.0 Å². The van der Waals surface area contributed by atoms with Gasteiger partial charge >= 0.3 is 5.97 Å². The number of aryl methyl sites for hydroxylation is 3. The van der Waals surface area contributed by atoms with Crippen LogP contribution in [0, 0.1) is 20.8 Å². The normalized spacial score (nSPS) is 10.4. The van der Waals surface area contributed by atoms with E-state index in [9.17, 15) is 4.79 Å². The fourth-order valence-electron chi connectivity index (χ4n) is 2.84. The van der Waals surface area contributed by atoms with Crippen molar-refractivity contribution in [3.05, 3.63) is 46.5 Å². The van der Waals surface area contributed by atoms with Crippen LogP contribution in [-0.4, -0.2) is 27.3 Å². The summed E-state index contributed by atoms with van der Waals surface area (Å²) in [7, 11) is 4.70. The predicted molar refractivity (Wildman–Crippen MR) is 101 cm³/mol. The van der Waals surface area contributed by atoms with Crippen LogP contribution in [0.2, 0.25) is 0 Å². The van der Waals surface area contributed by atoms with Gasteiger partial charge in [-0.1, -0.05) is 18.2 Å². The number of hydrogen-bond acceptors (Lipinski definition) is 5. The minimum absolute atomic E-state index is 0.235.